The number of nitrogens with one attached hydrogen (secondary N) is 1. The summed E-state index contributed by atoms with van der Waals surface area (Å²) in [6, 6.07) is 3.80. The predicted octanol–water partition coefficient (Wildman–Crippen LogP) is 1.43. The number of hydrogen-bond donors (Lipinski definition) is 2. The second-order valence-corrected chi connectivity index (χ2v) is 5.03. The quantitative estimate of drug-likeness (QED) is 0.816. The van der Waals surface area contributed by atoms with Gasteiger partial charge >= 0.3 is 0 Å². The van der Waals surface area contributed by atoms with Crippen molar-refractivity contribution < 1.29 is 19.3 Å². The first-order valence-electron chi connectivity index (χ1n) is 6.29. The van der Waals surface area contributed by atoms with Crippen molar-refractivity contribution in [2.24, 2.45) is 5.41 Å². The molecule has 1 aromatic carbocycles. The summed E-state index contributed by atoms with van der Waals surface area (Å²) in [4.78, 5) is 0. The summed E-state index contributed by atoms with van der Waals surface area (Å²) in [6.45, 7) is 3.96. The Hall–Kier alpha value is -1.46. The zero-order valence-corrected chi connectivity index (χ0v) is 11.7. The summed E-state index contributed by atoms with van der Waals surface area (Å²) in [5.41, 5.74) is 1.81. The van der Waals surface area contributed by atoms with Crippen LogP contribution in [0.2, 0.25) is 0 Å². The SMILES string of the molecule is COc1cc(C)c(NCC2(CO)COC2)c(OC)c1. The minimum absolute atomic E-state index is 0.123. The first-order chi connectivity index (χ1) is 9.14. The van der Waals surface area contributed by atoms with Gasteiger partial charge in [0.25, 0.3) is 0 Å². The van der Waals surface area contributed by atoms with Crippen LogP contribution < -0.4 is 14.8 Å². The van der Waals surface area contributed by atoms with Gasteiger partial charge in [-0.05, 0) is 18.6 Å². The van der Waals surface area contributed by atoms with Crippen LogP contribution >= 0.6 is 0 Å². The van der Waals surface area contributed by atoms with E-state index in [2.05, 4.69) is 5.32 Å². The van der Waals surface area contributed by atoms with Gasteiger partial charge < -0.3 is 24.6 Å². The predicted molar refractivity (Wildman–Crippen MR) is 73.1 cm³/mol. The Morgan fingerprint density at radius 3 is 2.53 bits per heavy atom. The first-order valence-corrected chi connectivity index (χ1v) is 6.29. The van der Waals surface area contributed by atoms with Crippen LogP contribution in [0.3, 0.4) is 0 Å². The second-order valence-electron chi connectivity index (χ2n) is 5.03. The fourth-order valence-corrected chi connectivity index (χ4v) is 2.14. The molecule has 0 aliphatic carbocycles. The molecule has 0 spiro atoms. The van der Waals surface area contributed by atoms with Gasteiger partial charge in [-0.3, -0.25) is 0 Å². The molecule has 2 rings (SSSR count). The molecule has 0 unspecified atom stereocenters. The van der Waals surface area contributed by atoms with Crippen LogP contribution in [0.1, 0.15) is 5.56 Å². The lowest BCUT2D eigenvalue weighted by Gasteiger charge is -2.40. The lowest BCUT2D eigenvalue weighted by molar-refractivity contribution is -0.128. The number of hydrogen-bond acceptors (Lipinski definition) is 5. The lowest BCUT2D eigenvalue weighted by Crippen LogP contribution is -2.50. The Morgan fingerprint density at radius 1 is 1.32 bits per heavy atom. The third-order valence-electron chi connectivity index (χ3n) is 3.52. The number of benzene rings is 1. The van der Waals surface area contributed by atoms with Crippen LogP contribution in [0.5, 0.6) is 11.5 Å². The van der Waals surface area contributed by atoms with Crippen LogP contribution in [0.4, 0.5) is 5.69 Å². The van der Waals surface area contributed by atoms with E-state index >= 15 is 0 Å². The average molecular weight is 267 g/mol. The standard InChI is InChI=1S/C14H21NO4/c1-10-4-11(17-2)5-12(18-3)13(10)15-6-14(7-16)8-19-9-14/h4-5,15-16H,6-9H2,1-3H3. The number of aryl methyl sites for hydroxylation is 1. The maximum Gasteiger partial charge on any atom is 0.145 e. The smallest absolute Gasteiger partial charge is 0.145 e. The lowest BCUT2D eigenvalue weighted by atomic mass is 9.87. The van der Waals surface area contributed by atoms with Gasteiger partial charge in [-0.1, -0.05) is 0 Å². The van der Waals surface area contributed by atoms with Gasteiger partial charge in [0, 0.05) is 12.6 Å². The second kappa shape index (κ2) is 5.67. The van der Waals surface area contributed by atoms with Crippen molar-refractivity contribution >= 4 is 5.69 Å². The van der Waals surface area contributed by atoms with E-state index in [1.54, 1.807) is 14.2 Å². The van der Waals surface area contributed by atoms with E-state index in [-0.39, 0.29) is 12.0 Å². The van der Waals surface area contributed by atoms with E-state index < -0.39 is 0 Å². The average Bonchev–Trinajstić information content (AvgIpc) is 2.38. The third kappa shape index (κ3) is 2.77. The molecular formula is C14H21NO4. The summed E-state index contributed by atoms with van der Waals surface area (Å²) in [5, 5.41) is 12.8. The molecule has 5 heteroatoms. The van der Waals surface area contributed by atoms with Crippen LogP contribution in [0, 0.1) is 12.3 Å². The molecule has 0 bridgehead atoms. The van der Waals surface area contributed by atoms with Crippen LogP contribution in [-0.2, 0) is 4.74 Å². The molecule has 1 aromatic rings. The molecule has 1 aliphatic heterocycles. The van der Waals surface area contributed by atoms with E-state index in [1.807, 2.05) is 19.1 Å². The Kier molecular flexibility index (Phi) is 4.17. The summed E-state index contributed by atoms with van der Waals surface area (Å²) >= 11 is 0. The number of anilines is 1. The molecule has 0 aromatic heterocycles. The normalized spacial score (nSPS) is 16.6. The first kappa shape index (κ1) is 14.0. The zero-order valence-electron chi connectivity index (χ0n) is 11.7. The minimum atomic E-state index is -0.169. The van der Waals surface area contributed by atoms with Gasteiger partial charge in [-0.15, -0.1) is 0 Å². The van der Waals surface area contributed by atoms with Crippen LogP contribution in [0.25, 0.3) is 0 Å². The summed E-state index contributed by atoms with van der Waals surface area (Å²) in [7, 11) is 3.27. The Labute approximate surface area is 113 Å². The van der Waals surface area contributed by atoms with Crippen molar-refractivity contribution in [3.05, 3.63) is 17.7 Å². The highest BCUT2D eigenvalue weighted by atomic mass is 16.5. The van der Waals surface area contributed by atoms with E-state index in [9.17, 15) is 5.11 Å². The molecule has 1 fully saturated rings. The van der Waals surface area contributed by atoms with Crippen molar-refractivity contribution in [1.29, 1.82) is 0 Å². The molecule has 0 amide bonds. The van der Waals surface area contributed by atoms with E-state index in [1.165, 1.54) is 0 Å². The van der Waals surface area contributed by atoms with Crippen molar-refractivity contribution in [3.8, 4) is 11.5 Å². The molecule has 1 aliphatic rings. The third-order valence-corrected chi connectivity index (χ3v) is 3.52. The minimum Gasteiger partial charge on any atom is -0.497 e. The maximum atomic E-state index is 9.42. The van der Waals surface area contributed by atoms with Gasteiger partial charge in [0.2, 0.25) is 0 Å². The maximum absolute atomic E-state index is 9.42. The van der Waals surface area contributed by atoms with Crippen molar-refractivity contribution in [3.63, 3.8) is 0 Å². The monoisotopic (exact) mass is 267 g/mol. The Bertz CT molecular complexity index is 438. The topological polar surface area (TPSA) is 60.0 Å². The molecule has 106 valence electrons. The van der Waals surface area contributed by atoms with E-state index in [4.69, 9.17) is 14.2 Å². The molecule has 19 heavy (non-hydrogen) atoms. The molecule has 0 atom stereocenters. The number of aliphatic hydroxyl groups is 1. The molecule has 2 N–H and O–H groups in total. The van der Waals surface area contributed by atoms with Crippen molar-refractivity contribution in [2.75, 3.05) is 45.9 Å². The van der Waals surface area contributed by atoms with Gasteiger partial charge in [0.15, 0.2) is 0 Å². The molecule has 1 heterocycles. The largest absolute Gasteiger partial charge is 0.497 e. The van der Waals surface area contributed by atoms with Crippen LogP contribution in [0.15, 0.2) is 12.1 Å². The van der Waals surface area contributed by atoms with Crippen molar-refractivity contribution in [2.45, 2.75) is 6.92 Å². The summed E-state index contributed by atoms with van der Waals surface area (Å²) < 4.78 is 15.8. The highest BCUT2D eigenvalue weighted by Crippen LogP contribution is 2.35. The number of methoxy groups -OCH3 is 2. The molecule has 5 nitrogen and oxygen atoms in total. The van der Waals surface area contributed by atoms with Gasteiger partial charge in [-0.25, -0.2) is 0 Å². The van der Waals surface area contributed by atoms with Gasteiger partial charge in [0.05, 0.1) is 45.1 Å². The molecular weight excluding hydrogens is 246 g/mol. The number of aliphatic hydroxyl groups excluding tert-OH is 1. The molecule has 1 saturated heterocycles. The van der Waals surface area contributed by atoms with Gasteiger partial charge in [-0.2, -0.15) is 0 Å². The van der Waals surface area contributed by atoms with Crippen molar-refractivity contribution in [1.82, 2.24) is 0 Å². The zero-order chi connectivity index (χ0) is 13.9. The molecule has 0 radical (unpaired) electrons. The highest BCUT2D eigenvalue weighted by Gasteiger charge is 2.38. The Morgan fingerprint density at radius 2 is 2.05 bits per heavy atom. The highest BCUT2D eigenvalue weighted by molar-refractivity contribution is 5.64. The van der Waals surface area contributed by atoms with Gasteiger partial charge in [0.1, 0.15) is 11.5 Å². The molecule has 0 saturated carbocycles. The number of rotatable bonds is 6. The van der Waals surface area contributed by atoms with E-state index in [0.29, 0.717) is 19.8 Å². The van der Waals surface area contributed by atoms with E-state index in [0.717, 1.165) is 22.7 Å². The number of ether oxygens (including phenoxy) is 3. The fraction of sp³-hybridized carbons (Fsp3) is 0.571. The Balaban J connectivity index is 2.15. The summed E-state index contributed by atoms with van der Waals surface area (Å²) in [6.07, 6.45) is 0. The fourth-order valence-electron chi connectivity index (χ4n) is 2.14. The summed E-state index contributed by atoms with van der Waals surface area (Å²) in [5.74, 6) is 1.51. The van der Waals surface area contributed by atoms with Crippen LogP contribution in [-0.4, -0.2) is 45.7 Å².